The average molecular weight is 397 g/mol. The highest BCUT2D eigenvalue weighted by Gasteiger charge is 2.22. The third kappa shape index (κ3) is 9.45. The van der Waals surface area contributed by atoms with Crippen molar-refractivity contribution in [1.82, 2.24) is 10.6 Å². The molecule has 1 aliphatic rings. The van der Waals surface area contributed by atoms with Crippen molar-refractivity contribution < 1.29 is 4.79 Å². The molecule has 2 N–H and O–H groups in total. The van der Waals surface area contributed by atoms with E-state index in [1.54, 1.807) is 0 Å². The molecule has 29 heavy (non-hydrogen) atoms. The predicted molar refractivity (Wildman–Crippen MR) is 124 cm³/mol. The van der Waals surface area contributed by atoms with E-state index < -0.39 is 0 Å². The van der Waals surface area contributed by atoms with Gasteiger partial charge in [-0.3, -0.25) is 4.79 Å². The van der Waals surface area contributed by atoms with E-state index in [4.69, 9.17) is 0 Å². The minimum absolute atomic E-state index is 0.00108. The highest BCUT2D eigenvalue weighted by Crippen LogP contribution is 2.17. The van der Waals surface area contributed by atoms with Crippen LogP contribution < -0.4 is 10.6 Å². The van der Waals surface area contributed by atoms with Gasteiger partial charge in [-0.25, -0.2) is 0 Å². The Labute approximate surface area is 178 Å². The fraction of sp³-hybridized carbons (Fsp3) is 0.577. The second-order valence-electron chi connectivity index (χ2n) is 8.18. The van der Waals surface area contributed by atoms with Crippen molar-refractivity contribution in [3.8, 4) is 0 Å². The molecule has 0 radical (unpaired) electrons. The highest BCUT2D eigenvalue weighted by atomic mass is 16.2. The molecule has 0 saturated carbocycles. The number of nitrogens with one attached hydrogen (secondary N) is 2. The monoisotopic (exact) mass is 396 g/mol. The highest BCUT2D eigenvalue weighted by molar-refractivity contribution is 5.82. The fourth-order valence-corrected chi connectivity index (χ4v) is 4.05. The first kappa shape index (κ1) is 23.4. The van der Waals surface area contributed by atoms with Gasteiger partial charge in [-0.1, -0.05) is 67.5 Å². The summed E-state index contributed by atoms with van der Waals surface area (Å²) in [6.45, 7) is 5.25. The van der Waals surface area contributed by atoms with Crippen LogP contribution in [0, 0.1) is 0 Å². The van der Waals surface area contributed by atoms with Gasteiger partial charge < -0.3 is 10.6 Å². The molecular weight excluding hydrogens is 356 g/mol. The quantitative estimate of drug-likeness (QED) is 0.444. The van der Waals surface area contributed by atoms with Crippen LogP contribution in [0.4, 0.5) is 0 Å². The number of carbonyl (C=O) groups is 1. The first-order chi connectivity index (χ1) is 14.2. The van der Waals surface area contributed by atoms with Crippen molar-refractivity contribution in [3.63, 3.8) is 0 Å². The smallest absolute Gasteiger partial charge is 0.237 e. The molecule has 2 unspecified atom stereocenters. The molecule has 0 bridgehead atoms. The van der Waals surface area contributed by atoms with Crippen molar-refractivity contribution in [2.24, 2.45) is 0 Å². The summed E-state index contributed by atoms with van der Waals surface area (Å²) in [6, 6.07) is 10.9. The molecule has 160 valence electrons. The summed E-state index contributed by atoms with van der Waals surface area (Å²) in [5.41, 5.74) is 2.88. The normalized spacial score (nSPS) is 18.7. The van der Waals surface area contributed by atoms with Crippen molar-refractivity contribution in [2.75, 3.05) is 6.54 Å². The van der Waals surface area contributed by atoms with Gasteiger partial charge in [-0.2, -0.15) is 0 Å². The van der Waals surface area contributed by atoms with Crippen molar-refractivity contribution >= 4 is 5.91 Å². The molecule has 1 heterocycles. The maximum absolute atomic E-state index is 12.7. The standard InChI is InChI=1S/C26H40N2O/c1-3-5-13-22(4-2)16-11-18-24(19-12-17-23-14-7-6-8-15-23)28-26(29)25-20-9-10-21-27-25/h3,5-8,13-15,24-25,27H,4,9-12,16-21H2,1-2H3,(H,28,29)/b5-3-,22-13+. The van der Waals surface area contributed by atoms with Gasteiger partial charge in [0.05, 0.1) is 6.04 Å². The lowest BCUT2D eigenvalue weighted by Crippen LogP contribution is -2.49. The third-order valence-corrected chi connectivity index (χ3v) is 5.86. The first-order valence-electron chi connectivity index (χ1n) is 11.6. The predicted octanol–water partition coefficient (Wildman–Crippen LogP) is 5.72. The maximum atomic E-state index is 12.7. The number of piperidine rings is 1. The van der Waals surface area contributed by atoms with Gasteiger partial charge in [0.2, 0.25) is 5.91 Å². The van der Waals surface area contributed by atoms with E-state index in [1.807, 2.05) is 0 Å². The zero-order valence-electron chi connectivity index (χ0n) is 18.5. The number of carbonyl (C=O) groups excluding carboxylic acids is 1. The van der Waals surface area contributed by atoms with Gasteiger partial charge >= 0.3 is 0 Å². The molecule has 0 aromatic heterocycles. The molecular formula is C26H40N2O. The lowest BCUT2D eigenvalue weighted by atomic mass is 9.97. The van der Waals surface area contributed by atoms with Gasteiger partial charge in [-0.05, 0) is 76.8 Å². The number of allylic oxidation sites excluding steroid dienone is 4. The van der Waals surface area contributed by atoms with Gasteiger partial charge in [0.25, 0.3) is 0 Å². The van der Waals surface area contributed by atoms with Gasteiger partial charge in [0.1, 0.15) is 0 Å². The second kappa shape index (κ2) is 14.2. The van der Waals surface area contributed by atoms with Gasteiger partial charge in [0, 0.05) is 6.04 Å². The summed E-state index contributed by atoms with van der Waals surface area (Å²) in [7, 11) is 0. The van der Waals surface area contributed by atoms with Gasteiger partial charge in [-0.15, -0.1) is 0 Å². The average Bonchev–Trinajstić information content (AvgIpc) is 2.77. The molecule has 1 aliphatic heterocycles. The van der Waals surface area contributed by atoms with Crippen LogP contribution in [0.3, 0.4) is 0 Å². The van der Waals surface area contributed by atoms with Crippen LogP contribution >= 0.6 is 0 Å². The summed E-state index contributed by atoms with van der Waals surface area (Å²) in [5, 5.41) is 6.76. The Bertz CT molecular complexity index is 629. The summed E-state index contributed by atoms with van der Waals surface area (Å²) >= 11 is 0. The zero-order chi connectivity index (χ0) is 20.7. The molecule has 1 aromatic rings. The molecule has 2 rings (SSSR count). The summed E-state index contributed by atoms with van der Waals surface area (Å²) < 4.78 is 0. The molecule has 0 aliphatic carbocycles. The molecule has 1 amide bonds. The van der Waals surface area contributed by atoms with E-state index in [2.05, 4.69) is 73.0 Å². The van der Waals surface area contributed by atoms with E-state index in [0.717, 1.165) is 64.3 Å². The van der Waals surface area contributed by atoms with Crippen LogP contribution in [0.2, 0.25) is 0 Å². The van der Waals surface area contributed by atoms with E-state index in [0.29, 0.717) is 0 Å². The number of aryl methyl sites for hydroxylation is 1. The van der Waals surface area contributed by atoms with E-state index in [9.17, 15) is 4.79 Å². The summed E-state index contributed by atoms with van der Waals surface area (Å²) in [6.07, 6.45) is 17.4. The van der Waals surface area contributed by atoms with E-state index in [-0.39, 0.29) is 18.0 Å². The van der Waals surface area contributed by atoms with Crippen LogP contribution in [0.1, 0.15) is 77.2 Å². The Morgan fingerprint density at radius 1 is 1.21 bits per heavy atom. The molecule has 2 atom stereocenters. The largest absolute Gasteiger partial charge is 0.352 e. The van der Waals surface area contributed by atoms with Crippen LogP contribution in [0.5, 0.6) is 0 Å². The van der Waals surface area contributed by atoms with Crippen LogP contribution in [-0.2, 0) is 11.2 Å². The Hall–Kier alpha value is -1.87. The lowest BCUT2D eigenvalue weighted by Gasteiger charge is -2.26. The Morgan fingerprint density at radius 3 is 2.69 bits per heavy atom. The second-order valence-corrected chi connectivity index (χ2v) is 8.18. The van der Waals surface area contributed by atoms with Crippen molar-refractivity contribution in [2.45, 2.75) is 90.1 Å². The Balaban J connectivity index is 1.85. The maximum Gasteiger partial charge on any atom is 0.237 e. The lowest BCUT2D eigenvalue weighted by molar-refractivity contribution is -0.124. The SMILES string of the molecule is C/C=C\C=C(/CC)CCCC(CCCc1ccccc1)NC(=O)C1CCCCN1. The molecule has 1 aromatic carbocycles. The van der Waals surface area contributed by atoms with Crippen LogP contribution in [0.15, 0.2) is 54.1 Å². The number of rotatable bonds is 12. The summed E-state index contributed by atoms with van der Waals surface area (Å²) in [4.78, 5) is 12.7. The topological polar surface area (TPSA) is 41.1 Å². The number of benzene rings is 1. The van der Waals surface area contributed by atoms with Crippen LogP contribution in [0.25, 0.3) is 0 Å². The van der Waals surface area contributed by atoms with E-state index in [1.165, 1.54) is 17.6 Å². The minimum atomic E-state index is 0.00108. The molecule has 3 nitrogen and oxygen atoms in total. The molecule has 1 fully saturated rings. The van der Waals surface area contributed by atoms with Crippen LogP contribution in [-0.4, -0.2) is 24.5 Å². The molecule has 0 spiro atoms. The zero-order valence-corrected chi connectivity index (χ0v) is 18.5. The minimum Gasteiger partial charge on any atom is -0.352 e. The third-order valence-electron chi connectivity index (χ3n) is 5.86. The van der Waals surface area contributed by atoms with Gasteiger partial charge in [0.15, 0.2) is 0 Å². The first-order valence-corrected chi connectivity index (χ1v) is 11.6. The molecule has 3 heteroatoms. The van der Waals surface area contributed by atoms with Crippen molar-refractivity contribution in [1.29, 1.82) is 0 Å². The summed E-state index contributed by atoms with van der Waals surface area (Å²) in [5.74, 6) is 0.203. The molecule has 1 saturated heterocycles. The van der Waals surface area contributed by atoms with E-state index >= 15 is 0 Å². The number of amides is 1. The Kier molecular flexibility index (Phi) is 11.4. The number of hydrogen-bond acceptors (Lipinski definition) is 2. The number of hydrogen-bond donors (Lipinski definition) is 2. The van der Waals surface area contributed by atoms with Crippen molar-refractivity contribution in [3.05, 3.63) is 59.7 Å². The fourth-order valence-electron chi connectivity index (χ4n) is 4.05. The Morgan fingerprint density at radius 2 is 2.00 bits per heavy atom.